The van der Waals surface area contributed by atoms with Crippen molar-refractivity contribution in [1.82, 2.24) is 10.3 Å². The Morgan fingerprint density at radius 3 is 2.28 bits per heavy atom. The van der Waals surface area contributed by atoms with Gasteiger partial charge in [0.05, 0.1) is 29.4 Å². The van der Waals surface area contributed by atoms with Gasteiger partial charge in [-0.15, -0.1) is 0 Å². The third-order valence-electron chi connectivity index (χ3n) is 5.15. The Morgan fingerprint density at radius 2 is 1.62 bits per heavy atom. The summed E-state index contributed by atoms with van der Waals surface area (Å²) < 4.78 is 38.4. The molecule has 0 aliphatic heterocycles. The Hall–Kier alpha value is -3.71. The van der Waals surface area contributed by atoms with E-state index < -0.39 is 17.8 Å². The summed E-state index contributed by atoms with van der Waals surface area (Å²) in [5, 5.41) is 13.3. The highest BCUT2D eigenvalue weighted by atomic mass is 19.4. The van der Waals surface area contributed by atoms with Crippen molar-refractivity contribution in [2.45, 2.75) is 12.2 Å². The van der Waals surface area contributed by atoms with Crippen molar-refractivity contribution in [2.75, 3.05) is 6.61 Å². The second-order valence-electron chi connectivity index (χ2n) is 7.30. The number of alkyl halides is 3. The first-order valence-electron chi connectivity index (χ1n) is 9.90. The van der Waals surface area contributed by atoms with Gasteiger partial charge in [0, 0.05) is 16.5 Å². The summed E-state index contributed by atoms with van der Waals surface area (Å²) in [6.45, 7) is -0.250. The van der Waals surface area contributed by atoms with E-state index in [4.69, 9.17) is 0 Å². The molecule has 0 saturated heterocycles. The van der Waals surface area contributed by atoms with Gasteiger partial charge in [0.15, 0.2) is 0 Å². The maximum Gasteiger partial charge on any atom is 0.416 e. The van der Waals surface area contributed by atoms with E-state index in [-0.39, 0.29) is 12.5 Å². The second-order valence-corrected chi connectivity index (χ2v) is 7.30. The monoisotopic (exact) mass is 436 g/mol. The molecule has 4 aromatic rings. The number of carbonyl (C=O) groups excluding carboxylic acids is 1. The minimum atomic E-state index is -4.40. The van der Waals surface area contributed by atoms with Crippen LogP contribution in [0, 0.1) is 0 Å². The predicted octanol–water partition coefficient (Wildman–Crippen LogP) is 5.38. The smallest absolute Gasteiger partial charge is 0.394 e. The van der Waals surface area contributed by atoms with Gasteiger partial charge < -0.3 is 10.4 Å². The van der Waals surface area contributed by atoms with Crippen molar-refractivity contribution in [3.05, 3.63) is 102 Å². The average Bonchev–Trinajstić information content (AvgIpc) is 2.81. The zero-order chi connectivity index (χ0) is 22.7. The molecular formula is C25H19F3N2O2. The van der Waals surface area contributed by atoms with E-state index in [1.165, 1.54) is 12.1 Å². The summed E-state index contributed by atoms with van der Waals surface area (Å²) in [4.78, 5) is 17.3. The topological polar surface area (TPSA) is 62.2 Å². The molecule has 0 bridgehead atoms. The number of halogens is 3. The van der Waals surface area contributed by atoms with E-state index in [0.717, 1.165) is 23.1 Å². The van der Waals surface area contributed by atoms with Crippen LogP contribution in [0.4, 0.5) is 13.2 Å². The highest BCUT2D eigenvalue weighted by Crippen LogP contribution is 2.31. The molecule has 4 rings (SSSR count). The SMILES string of the molecule is O=C(N[C@@H](CO)c1ccccc1)c1ccc2ccc(-c3ccc(C(F)(F)F)cc3)nc2c1. The van der Waals surface area contributed by atoms with Gasteiger partial charge in [-0.25, -0.2) is 4.98 Å². The van der Waals surface area contributed by atoms with Gasteiger partial charge in [-0.05, 0) is 35.9 Å². The third-order valence-corrected chi connectivity index (χ3v) is 5.15. The van der Waals surface area contributed by atoms with E-state index in [0.29, 0.717) is 22.3 Å². The number of amides is 1. The number of benzene rings is 3. The molecule has 0 radical (unpaired) electrons. The van der Waals surface area contributed by atoms with Gasteiger partial charge in [-0.3, -0.25) is 4.79 Å². The maximum absolute atomic E-state index is 12.8. The zero-order valence-corrected chi connectivity index (χ0v) is 16.8. The van der Waals surface area contributed by atoms with Crippen molar-refractivity contribution < 1.29 is 23.1 Å². The molecule has 0 spiro atoms. The number of nitrogens with one attached hydrogen (secondary N) is 1. The normalized spacial score (nSPS) is 12.5. The average molecular weight is 436 g/mol. The Bertz CT molecular complexity index is 1240. The second kappa shape index (κ2) is 8.80. The lowest BCUT2D eigenvalue weighted by molar-refractivity contribution is -0.137. The summed E-state index contributed by atoms with van der Waals surface area (Å²) in [7, 11) is 0. The molecule has 0 aliphatic carbocycles. The van der Waals surface area contributed by atoms with E-state index in [1.807, 2.05) is 30.3 Å². The fraction of sp³-hybridized carbons (Fsp3) is 0.120. The minimum absolute atomic E-state index is 0.250. The first kappa shape index (κ1) is 21.5. The minimum Gasteiger partial charge on any atom is -0.394 e. The zero-order valence-electron chi connectivity index (χ0n) is 16.8. The van der Waals surface area contributed by atoms with Crippen molar-refractivity contribution in [3.8, 4) is 11.3 Å². The lowest BCUT2D eigenvalue weighted by Crippen LogP contribution is -2.30. The van der Waals surface area contributed by atoms with Crippen LogP contribution in [0.2, 0.25) is 0 Å². The molecule has 1 aromatic heterocycles. The number of carbonyl (C=O) groups is 1. The van der Waals surface area contributed by atoms with Crippen LogP contribution >= 0.6 is 0 Å². The summed E-state index contributed by atoms with van der Waals surface area (Å²) >= 11 is 0. The van der Waals surface area contributed by atoms with Crippen molar-refractivity contribution >= 4 is 16.8 Å². The number of aliphatic hydroxyl groups is 1. The van der Waals surface area contributed by atoms with Crippen LogP contribution in [0.1, 0.15) is 27.5 Å². The number of nitrogens with zero attached hydrogens (tertiary/aromatic N) is 1. The van der Waals surface area contributed by atoms with Crippen LogP contribution in [0.3, 0.4) is 0 Å². The quantitative estimate of drug-likeness (QED) is 0.441. The third kappa shape index (κ3) is 4.63. The number of hydrogen-bond donors (Lipinski definition) is 2. The van der Waals surface area contributed by atoms with Crippen LogP contribution in [0.5, 0.6) is 0 Å². The molecule has 4 nitrogen and oxygen atoms in total. The molecular weight excluding hydrogens is 417 g/mol. The Balaban J connectivity index is 1.60. The Labute approximate surface area is 182 Å². The summed E-state index contributed by atoms with van der Waals surface area (Å²) in [5.74, 6) is -0.364. The van der Waals surface area contributed by atoms with Gasteiger partial charge in [0.2, 0.25) is 0 Å². The number of rotatable bonds is 5. The molecule has 1 amide bonds. The molecule has 32 heavy (non-hydrogen) atoms. The Morgan fingerprint density at radius 1 is 0.938 bits per heavy atom. The van der Waals surface area contributed by atoms with Gasteiger partial charge >= 0.3 is 6.18 Å². The van der Waals surface area contributed by atoms with E-state index in [9.17, 15) is 23.1 Å². The molecule has 0 saturated carbocycles. The molecule has 0 unspecified atom stereocenters. The largest absolute Gasteiger partial charge is 0.416 e. The molecule has 0 fully saturated rings. The number of hydrogen-bond acceptors (Lipinski definition) is 3. The van der Waals surface area contributed by atoms with Gasteiger partial charge in [-0.1, -0.05) is 54.6 Å². The molecule has 2 N–H and O–H groups in total. The standard InChI is InChI=1S/C25H19F3N2O2/c26-25(27,28)20-11-8-17(9-12-20)21-13-10-18-6-7-19(14-22(18)29-21)24(32)30-23(15-31)16-4-2-1-3-5-16/h1-14,23,31H,15H2,(H,30,32)/t23-/m0/s1. The number of fused-ring (bicyclic) bond motifs is 1. The summed E-state index contributed by atoms with van der Waals surface area (Å²) in [5.41, 5.74) is 2.00. The van der Waals surface area contributed by atoms with Crippen LogP contribution < -0.4 is 5.32 Å². The van der Waals surface area contributed by atoms with Crippen molar-refractivity contribution in [3.63, 3.8) is 0 Å². The van der Waals surface area contributed by atoms with Gasteiger partial charge in [0.25, 0.3) is 5.91 Å². The Kier molecular flexibility index (Phi) is 5.92. The first-order chi connectivity index (χ1) is 15.3. The predicted molar refractivity (Wildman–Crippen MR) is 116 cm³/mol. The molecule has 1 heterocycles. The number of pyridine rings is 1. The number of aromatic nitrogens is 1. The fourth-order valence-electron chi connectivity index (χ4n) is 3.41. The molecule has 7 heteroatoms. The van der Waals surface area contributed by atoms with Gasteiger partial charge in [0.1, 0.15) is 0 Å². The fourth-order valence-corrected chi connectivity index (χ4v) is 3.41. The molecule has 1 atom stereocenters. The van der Waals surface area contributed by atoms with Gasteiger partial charge in [-0.2, -0.15) is 13.2 Å². The molecule has 3 aromatic carbocycles. The van der Waals surface area contributed by atoms with Crippen molar-refractivity contribution in [1.29, 1.82) is 0 Å². The highest BCUT2D eigenvalue weighted by molar-refractivity contribution is 5.98. The molecule has 162 valence electrons. The summed E-state index contributed by atoms with van der Waals surface area (Å²) in [6.07, 6.45) is -4.40. The maximum atomic E-state index is 12.8. The van der Waals surface area contributed by atoms with Crippen LogP contribution in [0.15, 0.2) is 84.9 Å². The van der Waals surface area contributed by atoms with Crippen LogP contribution in [0.25, 0.3) is 22.2 Å². The lowest BCUT2D eigenvalue weighted by Gasteiger charge is -2.17. The first-order valence-corrected chi connectivity index (χ1v) is 9.90. The summed E-state index contributed by atoms with van der Waals surface area (Å²) in [6, 6.07) is 21.9. The lowest BCUT2D eigenvalue weighted by atomic mass is 10.0. The van der Waals surface area contributed by atoms with Crippen LogP contribution in [-0.4, -0.2) is 22.6 Å². The van der Waals surface area contributed by atoms with E-state index in [1.54, 1.807) is 30.3 Å². The van der Waals surface area contributed by atoms with Crippen molar-refractivity contribution in [2.24, 2.45) is 0 Å². The molecule has 0 aliphatic rings. The van der Waals surface area contributed by atoms with E-state index in [2.05, 4.69) is 10.3 Å². The van der Waals surface area contributed by atoms with E-state index >= 15 is 0 Å². The number of aliphatic hydroxyl groups excluding tert-OH is 1. The highest BCUT2D eigenvalue weighted by Gasteiger charge is 2.30. The van der Waals surface area contributed by atoms with Crippen LogP contribution in [-0.2, 0) is 6.18 Å².